The van der Waals surface area contributed by atoms with Gasteiger partial charge in [0.05, 0.1) is 13.2 Å². The Morgan fingerprint density at radius 2 is 0.841 bits per heavy atom. The summed E-state index contributed by atoms with van der Waals surface area (Å²) in [4.78, 5) is -3.29. The van der Waals surface area contributed by atoms with Crippen LogP contribution in [0.4, 0.5) is 0 Å². The van der Waals surface area contributed by atoms with E-state index in [4.69, 9.17) is 18.8 Å². The molecule has 1 radical (unpaired) electrons. The van der Waals surface area contributed by atoms with E-state index in [2.05, 4.69) is 61.5 Å². The second kappa shape index (κ2) is 31.6. The number of hydrogen-bond donors (Lipinski definition) is 10. The summed E-state index contributed by atoms with van der Waals surface area (Å²) in [6.07, 6.45) is -30.4. The monoisotopic (exact) mass is 1170 g/mol. The van der Waals surface area contributed by atoms with Crippen molar-refractivity contribution in [3.63, 3.8) is 0 Å². The van der Waals surface area contributed by atoms with E-state index in [9.17, 15) is 91.3 Å². The molecule has 2 aliphatic heterocycles. The van der Waals surface area contributed by atoms with Gasteiger partial charge in [-0.3, -0.25) is 31.9 Å². The SMILES string of the molecule is [CH2]C(S)C(O)[C@]1(S)O[C@H](COS(=O)(=O)O)[C@@H](O[C@@H]2O[C@H](COS(=O)(=O)O)[C@@H](OS(=O)(=O)O)[C@H](OS(=O)(=O)O)[C@H]2OS(=O)(=O)O)[C@H](OS(=O)(=O)O)[C@H]1OS(=O)(=O)O.[NaH].[NaH].[NaH].[NaH].[NaH].[NaH].[NaH]. The molecule has 0 aromatic carbocycles. The number of rotatable bonds is 20. The van der Waals surface area contributed by atoms with Gasteiger partial charge in [-0.15, -0.1) is 12.6 Å². The topological polar surface area (TPSA) is 493 Å². The molecule has 2 fully saturated rings. The molecule has 2 heterocycles. The molecule has 48 heteroatoms. The molecule has 0 aromatic rings. The van der Waals surface area contributed by atoms with Crippen LogP contribution in [0.2, 0.25) is 0 Å². The zero-order valence-corrected chi connectivity index (χ0v) is 33.6. The molecule has 32 nitrogen and oxygen atoms in total. The summed E-state index contributed by atoms with van der Waals surface area (Å²) in [6.45, 7) is -0.446. The zero-order chi connectivity index (χ0) is 43.8. The Balaban J connectivity index is -0.00000116. The average molecular weight is 1180 g/mol. The van der Waals surface area contributed by atoms with Crippen molar-refractivity contribution in [1.29, 1.82) is 0 Å². The van der Waals surface area contributed by atoms with Crippen molar-refractivity contribution in [1.82, 2.24) is 0 Å². The van der Waals surface area contributed by atoms with E-state index >= 15 is 0 Å². The van der Waals surface area contributed by atoms with Crippen LogP contribution in [0.15, 0.2) is 0 Å². The number of aliphatic hydroxyl groups excluding tert-OH is 1. The quantitative estimate of drug-likeness (QED) is 0.0307. The number of aliphatic hydroxyl groups is 1. The fraction of sp³-hybridized carbons (Fsp3) is 0.933. The summed E-state index contributed by atoms with van der Waals surface area (Å²) in [5.41, 5.74) is 0. The first-order chi connectivity index (χ1) is 24.7. The molecule has 0 amide bonds. The van der Waals surface area contributed by atoms with Crippen LogP contribution in [-0.4, -0.2) is 387 Å². The van der Waals surface area contributed by atoms with Gasteiger partial charge in [0.25, 0.3) is 0 Å². The molecule has 8 N–H and O–H groups in total. The van der Waals surface area contributed by atoms with E-state index < -0.39 is 157 Å². The summed E-state index contributed by atoms with van der Waals surface area (Å²) in [6, 6.07) is 0. The zero-order valence-electron chi connectivity index (χ0n) is 26.1. The van der Waals surface area contributed by atoms with E-state index in [0.717, 1.165) is 0 Å². The van der Waals surface area contributed by atoms with Crippen LogP contribution in [0.25, 0.3) is 0 Å². The van der Waals surface area contributed by atoms with Gasteiger partial charge < -0.3 is 19.3 Å². The van der Waals surface area contributed by atoms with Crippen molar-refractivity contribution in [2.45, 2.75) is 71.4 Å². The molecule has 12 atom stereocenters. The molecular formula is C15H34Na7O32S9. The Labute approximate surface area is 526 Å². The van der Waals surface area contributed by atoms with Crippen molar-refractivity contribution >= 4 is 305 Å². The Bertz CT molecular complexity index is 2200. The molecule has 2 aliphatic rings. The number of hydrogen-bond acceptors (Lipinski definition) is 27. The summed E-state index contributed by atoms with van der Waals surface area (Å²) in [5, 5.41) is 9.06. The van der Waals surface area contributed by atoms with Crippen molar-refractivity contribution in [3.05, 3.63) is 6.92 Å². The molecule has 0 aliphatic carbocycles. The van der Waals surface area contributed by atoms with Crippen molar-refractivity contribution in [2.75, 3.05) is 13.2 Å². The third-order valence-corrected chi connectivity index (χ3v) is 10.4. The Morgan fingerprint density at radius 3 is 1.19 bits per heavy atom. The molecule has 347 valence electrons. The van der Waals surface area contributed by atoms with E-state index in [1.807, 2.05) is 0 Å². The molecule has 0 bridgehead atoms. The van der Waals surface area contributed by atoms with Crippen molar-refractivity contribution in [2.24, 2.45) is 0 Å². The Hall–Kier alpha value is 6.63. The van der Waals surface area contributed by atoms with Crippen LogP contribution in [-0.2, 0) is 116 Å². The van der Waals surface area contributed by atoms with Gasteiger partial charge in [0.2, 0.25) is 0 Å². The van der Waals surface area contributed by atoms with Crippen molar-refractivity contribution < 1.29 is 139 Å². The first kappa shape index (κ1) is 81.0. The second-order valence-corrected chi connectivity index (χ2v) is 19.2. The molecule has 0 saturated carbocycles. The van der Waals surface area contributed by atoms with Gasteiger partial charge in [-0.1, -0.05) is 0 Å². The fourth-order valence-corrected chi connectivity index (χ4v) is 8.67. The van der Waals surface area contributed by atoms with E-state index in [-0.39, 0.29) is 207 Å². The maximum atomic E-state index is 12.1. The molecule has 2 saturated heterocycles. The standard InChI is InChI=1S/C15H27O32S9.7Na.7H/c1-4(48)12(16)15(49)13(47-56(35,36)37)10(45-54(29,30)31)7(6(42-15)3-39-51(20,21)22)41-14-11(46-55(32,33)34)9(44-53(26,27)28)8(43-52(23,24)25)5(40-14)2-38-50(17,18)19;;;;;;;;;;;;;;/h4-14,16,48-49H,1-3H2,(H,17,18,19)(H,20,21,22)(H,23,24,25)(H,26,27,28)(H,29,30,31)(H,32,33,34)(H,35,36,37);;;;;;;;;;;;;;/t4?,5-,6-,7-,8-,9+,10+,11-,12?,13-,14+,15-;;;;;;;;;;;;;;/m1............../s1. The molecule has 2 unspecified atom stereocenters. The number of thiol groups is 2. The molecular weight excluding hydrogens is 1140 g/mol. The Kier molecular flexibility index (Phi) is 40.7. The molecule has 2 rings (SSSR count). The summed E-state index contributed by atoms with van der Waals surface area (Å²) in [7, 11) is -41.8. The Morgan fingerprint density at radius 1 is 0.508 bits per heavy atom. The predicted octanol–water partition coefficient (Wildman–Crippen LogP) is -10.3. The van der Waals surface area contributed by atoms with E-state index in [0.29, 0.717) is 0 Å². The third-order valence-electron chi connectivity index (χ3n) is 6.33. The normalized spacial score (nSPS) is 29.2. The van der Waals surface area contributed by atoms with Gasteiger partial charge in [-0.05, 0) is 6.92 Å². The summed E-state index contributed by atoms with van der Waals surface area (Å²) < 4.78 is 275. The van der Waals surface area contributed by atoms with Crippen molar-refractivity contribution in [3.8, 4) is 0 Å². The van der Waals surface area contributed by atoms with Gasteiger partial charge in [0, 0.05) is 5.25 Å². The number of ether oxygens (including phenoxy) is 3. The average Bonchev–Trinajstić information content (AvgIpc) is 2.92. The van der Waals surface area contributed by atoms with Gasteiger partial charge >= 0.3 is 280 Å². The van der Waals surface area contributed by atoms with Crippen LogP contribution in [0.1, 0.15) is 0 Å². The predicted molar refractivity (Wildman–Crippen MR) is 221 cm³/mol. The molecule has 0 spiro atoms. The van der Waals surface area contributed by atoms with Crippen LogP contribution in [0.3, 0.4) is 0 Å². The molecule has 63 heavy (non-hydrogen) atoms. The van der Waals surface area contributed by atoms with Crippen LogP contribution in [0, 0.1) is 6.92 Å². The third kappa shape index (κ3) is 30.1. The molecule has 0 aromatic heterocycles. The van der Waals surface area contributed by atoms with Crippen LogP contribution in [0.5, 0.6) is 0 Å². The van der Waals surface area contributed by atoms with E-state index in [1.165, 1.54) is 0 Å². The van der Waals surface area contributed by atoms with Crippen LogP contribution < -0.4 is 0 Å². The first-order valence-electron chi connectivity index (χ1n) is 13.1. The fourth-order valence-electron chi connectivity index (χ4n) is 4.64. The summed E-state index contributed by atoms with van der Waals surface area (Å²) >= 11 is 7.62. The maximum absolute atomic E-state index is 12.1. The minimum atomic E-state index is -6.15. The van der Waals surface area contributed by atoms with Crippen LogP contribution >= 0.6 is 25.3 Å². The van der Waals surface area contributed by atoms with Gasteiger partial charge in [0.1, 0.15) is 42.7 Å². The van der Waals surface area contributed by atoms with E-state index in [1.54, 1.807) is 0 Å². The van der Waals surface area contributed by atoms with Gasteiger partial charge in [-0.25, -0.2) is 29.3 Å². The van der Waals surface area contributed by atoms with Gasteiger partial charge in [0.15, 0.2) is 23.4 Å². The van der Waals surface area contributed by atoms with Gasteiger partial charge in [-0.2, -0.15) is 71.6 Å². The summed E-state index contributed by atoms with van der Waals surface area (Å²) in [5.74, 6) is 0. The minimum absolute atomic E-state index is 0. The second-order valence-electron chi connectivity index (χ2n) is 10.4. The first-order valence-corrected chi connectivity index (χ1v) is 23.6.